The molecule has 0 saturated heterocycles. The Labute approximate surface area is 207 Å². The van der Waals surface area contributed by atoms with Crippen LogP contribution in [0.3, 0.4) is 0 Å². The summed E-state index contributed by atoms with van der Waals surface area (Å²) < 4.78 is 42.2. The number of fused-ring (bicyclic) bond motifs is 3. The summed E-state index contributed by atoms with van der Waals surface area (Å²) in [5.74, 6) is -2.25. The molecule has 0 spiro atoms. The van der Waals surface area contributed by atoms with Gasteiger partial charge in [0.1, 0.15) is 11.6 Å². The Balaban J connectivity index is 1.90. The van der Waals surface area contributed by atoms with E-state index in [0.717, 1.165) is 33.0 Å². The highest BCUT2D eigenvalue weighted by Gasteiger charge is 2.48. The Morgan fingerprint density at radius 2 is 1.75 bits per heavy atom. The summed E-state index contributed by atoms with van der Waals surface area (Å²) in [6, 6.07) is 13.3. The second-order valence-electron chi connectivity index (χ2n) is 9.47. The summed E-state index contributed by atoms with van der Waals surface area (Å²) in [6.07, 6.45) is -1.40. The van der Waals surface area contributed by atoms with Gasteiger partial charge in [-0.05, 0) is 41.0 Å². The van der Waals surface area contributed by atoms with Gasteiger partial charge in [-0.1, -0.05) is 57.5 Å². The van der Waals surface area contributed by atoms with Gasteiger partial charge in [0.2, 0.25) is 0 Å². The van der Waals surface area contributed by atoms with E-state index in [1.165, 1.54) is 12.1 Å². The number of nitriles is 1. The minimum atomic E-state index is -5.05. The van der Waals surface area contributed by atoms with Crippen LogP contribution in [0.5, 0.6) is 0 Å². The number of benzene rings is 2. The second kappa shape index (κ2) is 8.98. The first-order chi connectivity index (χ1) is 16.9. The zero-order valence-corrected chi connectivity index (χ0v) is 20.5. The molecule has 0 fully saturated rings. The van der Waals surface area contributed by atoms with Crippen LogP contribution >= 0.6 is 0 Å². The van der Waals surface area contributed by atoms with Crippen LogP contribution in [0.25, 0.3) is 10.8 Å². The Morgan fingerprint density at radius 1 is 1.06 bits per heavy atom. The molecular weight excluding hydrogens is 467 g/mol. The topological polar surface area (TPSA) is 64.4 Å². The molecule has 0 saturated carbocycles. The standard InChI is InChI=1S/C28H26F3N3O2/c1-5-6-15-34-25(35)19(23(28(29,30)31)20(16-32)26(34)36)12-14-22-27(2,3)24-18-10-8-7-9-17(18)11-13-21(24)33(22)4/h7-14H,5-6,15H2,1-4H3/b19-12-,22-14+. The number of likely N-dealkylation sites (N-methyl/N-ethyl adjacent to an activating group) is 1. The van der Waals surface area contributed by atoms with E-state index >= 15 is 0 Å². The van der Waals surface area contributed by atoms with Gasteiger partial charge in [0.15, 0.2) is 0 Å². The number of alkyl halides is 3. The van der Waals surface area contributed by atoms with E-state index in [4.69, 9.17) is 0 Å². The van der Waals surface area contributed by atoms with Crippen molar-refractivity contribution in [2.75, 3.05) is 18.5 Å². The number of unbranched alkanes of at least 4 members (excludes halogenated alkanes) is 1. The lowest BCUT2D eigenvalue weighted by atomic mass is 9.81. The number of anilines is 1. The van der Waals surface area contributed by atoms with Crippen LogP contribution in [0.2, 0.25) is 0 Å². The Kier molecular flexibility index (Phi) is 6.29. The fourth-order valence-corrected chi connectivity index (χ4v) is 5.15. The van der Waals surface area contributed by atoms with E-state index in [9.17, 15) is 28.0 Å². The molecule has 2 amide bonds. The number of nitrogens with zero attached hydrogens (tertiary/aromatic N) is 3. The van der Waals surface area contributed by atoms with Crippen LogP contribution in [0.4, 0.5) is 18.9 Å². The molecule has 0 N–H and O–H groups in total. The highest BCUT2D eigenvalue weighted by Crippen LogP contribution is 2.50. The van der Waals surface area contributed by atoms with Crippen molar-refractivity contribution >= 4 is 28.3 Å². The van der Waals surface area contributed by atoms with Gasteiger partial charge in [-0.2, -0.15) is 18.4 Å². The van der Waals surface area contributed by atoms with E-state index in [1.807, 2.05) is 69.1 Å². The van der Waals surface area contributed by atoms with Crippen molar-refractivity contribution < 1.29 is 22.8 Å². The van der Waals surface area contributed by atoms with E-state index in [-0.39, 0.29) is 6.54 Å². The van der Waals surface area contributed by atoms with Gasteiger partial charge >= 0.3 is 6.18 Å². The SMILES string of the molecule is CCCCN1C(=O)C(C#N)=C(C(F)(F)F)/C(=C/C=C2/N(C)c3ccc4ccccc4c3C2(C)C)C1=O. The van der Waals surface area contributed by atoms with Crippen LogP contribution in [0.1, 0.15) is 39.2 Å². The fourth-order valence-electron chi connectivity index (χ4n) is 5.15. The molecule has 186 valence electrons. The van der Waals surface area contributed by atoms with Crippen molar-refractivity contribution in [3.05, 3.63) is 76.5 Å². The van der Waals surface area contributed by atoms with Crippen molar-refractivity contribution in [2.24, 2.45) is 0 Å². The van der Waals surface area contributed by atoms with Crippen LogP contribution in [-0.4, -0.2) is 36.5 Å². The van der Waals surface area contributed by atoms with Gasteiger partial charge in [-0.25, -0.2) is 0 Å². The number of hydrogen-bond donors (Lipinski definition) is 0. The summed E-state index contributed by atoms with van der Waals surface area (Å²) in [5.41, 5.74) is -1.19. The predicted octanol–water partition coefficient (Wildman–Crippen LogP) is 5.93. The first-order valence-electron chi connectivity index (χ1n) is 11.7. The van der Waals surface area contributed by atoms with Crippen molar-refractivity contribution in [3.8, 4) is 6.07 Å². The van der Waals surface area contributed by atoms with Crippen molar-refractivity contribution in [3.63, 3.8) is 0 Å². The molecule has 36 heavy (non-hydrogen) atoms. The van der Waals surface area contributed by atoms with Crippen molar-refractivity contribution in [1.82, 2.24) is 4.90 Å². The zero-order chi connectivity index (χ0) is 26.4. The quantitative estimate of drug-likeness (QED) is 0.391. The highest BCUT2D eigenvalue weighted by atomic mass is 19.4. The second-order valence-corrected chi connectivity index (χ2v) is 9.47. The molecule has 4 rings (SSSR count). The maximum Gasteiger partial charge on any atom is 0.418 e. The molecule has 2 aromatic carbocycles. The van der Waals surface area contributed by atoms with Crippen LogP contribution in [0, 0.1) is 11.3 Å². The van der Waals surface area contributed by atoms with Gasteiger partial charge in [-0.3, -0.25) is 14.5 Å². The predicted molar refractivity (Wildman–Crippen MR) is 132 cm³/mol. The minimum Gasteiger partial charge on any atom is -0.347 e. The van der Waals surface area contributed by atoms with Crippen molar-refractivity contribution in [2.45, 2.75) is 45.2 Å². The number of carbonyl (C=O) groups is 2. The first kappa shape index (κ1) is 25.2. The molecule has 2 aliphatic rings. The fraction of sp³-hybridized carbons (Fsp3) is 0.321. The lowest BCUT2D eigenvalue weighted by molar-refractivity contribution is -0.143. The number of rotatable bonds is 4. The average Bonchev–Trinajstić information content (AvgIpc) is 3.02. The monoisotopic (exact) mass is 493 g/mol. The largest absolute Gasteiger partial charge is 0.418 e. The summed E-state index contributed by atoms with van der Waals surface area (Å²) >= 11 is 0. The lowest BCUT2D eigenvalue weighted by Gasteiger charge is -2.29. The minimum absolute atomic E-state index is 0.0543. The molecule has 2 heterocycles. The smallest absolute Gasteiger partial charge is 0.347 e. The van der Waals surface area contributed by atoms with Crippen LogP contribution in [-0.2, 0) is 15.0 Å². The molecule has 0 bridgehead atoms. The summed E-state index contributed by atoms with van der Waals surface area (Å²) in [4.78, 5) is 28.4. The molecule has 8 heteroatoms. The summed E-state index contributed by atoms with van der Waals surface area (Å²) in [6.45, 7) is 5.74. The lowest BCUT2D eigenvalue weighted by Crippen LogP contribution is -2.45. The van der Waals surface area contributed by atoms with Gasteiger partial charge in [0.25, 0.3) is 11.8 Å². The number of carbonyl (C=O) groups excluding carboxylic acids is 2. The zero-order valence-electron chi connectivity index (χ0n) is 20.5. The number of amides is 2. The van der Waals surface area contributed by atoms with E-state index < -0.39 is 40.1 Å². The number of imide groups is 1. The molecule has 5 nitrogen and oxygen atoms in total. The van der Waals surface area contributed by atoms with Crippen molar-refractivity contribution in [1.29, 1.82) is 5.26 Å². The molecule has 0 radical (unpaired) electrons. The van der Waals surface area contributed by atoms with Gasteiger partial charge in [0.05, 0.1) is 11.1 Å². The highest BCUT2D eigenvalue weighted by molar-refractivity contribution is 6.18. The number of hydrogen-bond acceptors (Lipinski definition) is 4. The maximum absolute atomic E-state index is 14.1. The third-order valence-electron chi connectivity index (χ3n) is 6.89. The molecule has 0 unspecified atom stereocenters. The summed E-state index contributed by atoms with van der Waals surface area (Å²) in [7, 11) is 1.83. The normalized spacial score (nSPS) is 20.1. The van der Waals surface area contributed by atoms with E-state index in [0.29, 0.717) is 18.5 Å². The molecular formula is C28H26F3N3O2. The van der Waals surface area contributed by atoms with Crippen LogP contribution < -0.4 is 4.90 Å². The third-order valence-corrected chi connectivity index (χ3v) is 6.89. The molecule has 2 aromatic rings. The number of halogens is 3. The number of allylic oxidation sites excluding steroid dienone is 3. The average molecular weight is 494 g/mol. The Bertz CT molecular complexity index is 1410. The Morgan fingerprint density at radius 3 is 2.39 bits per heavy atom. The summed E-state index contributed by atoms with van der Waals surface area (Å²) in [5, 5.41) is 11.5. The first-order valence-corrected chi connectivity index (χ1v) is 11.7. The van der Waals surface area contributed by atoms with Gasteiger partial charge in [-0.15, -0.1) is 0 Å². The Hall–Kier alpha value is -3.86. The van der Waals surface area contributed by atoms with E-state index in [1.54, 1.807) is 0 Å². The molecule has 0 aromatic heterocycles. The molecule has 0 aliphatic carbocycles. The molecule has 0 atom stereocenters. The van der Waals surface area contributed by atoms with Gasteiger partial charge in [0, 0.05) is 30.4 Å². The maximum atomic E-state index is 14.1. The third kappa shape index (κ3) is 3.89. The molecule has 2 aliphatic heterocycles. The van der Waals surface area contributed by atoms with E-state index in [2.05, 4.69) is 0 Å². The van der Waals surface area contributed by atoms with Gasteiger partial charge < -0.3 is 4.90 Å². The van der Waals surface area contributed by atoms with Crippen LogP contribution in [0.15, 0.2) is 71.0 Å².